The van der Waals surface area contributed by atoms with E-state index in [0.717, 1.165) is 6.07 Å². The van der Waals surface area contributed by atoms with Gasteiger partial charge < -0.3 is 9.84 Å². The van der Waals surface area contributed by atoms with Gasteiger partial charge in [-0.05, 0) is 12.1 Å². The number of ether oxygens (including phenoxy) is 1. The first-order chi connectivity index (χ1) is 9.09. The highest BCUT2D eigenvalue weighted by molar-refractivity contribution is 6.57. The maximum absolute atomic E-state index is 13.0. The van der Waals surface area contributed by atoms with Gasteiger partial charge in [0.05, 0.1) is 5.03 Å². The topological polar surface area (TPSA) is 46.5 Å². The number of halogens is 6. The molecular weight excluding hydrogens is 343 g/mol. The fourth-order valence-corrected chi connectivity index (χ4v) is 2.36. The number of fused-ring (bicyclic) bond motifs is 1. The summed E-state index contributed by atoms with van der Waals surface area (Å²) >= 11 is 16.7. The summed E-state index contributed by atoms with van der Waals surface area (Å²) in [5.74, 6) is -2.06. The van der Waals surface area contributed by atoms with Crippen LogP contribution in [0.3, 0.4) is 0 Å². The lowest BCUT2D eigenvalue weighted by atomic mass is 10.0. The number of aromatic carboxylic acids is 1. The molecule has 0 aliphatic carbocycles. The Bertz CT molecular complexity index is 627. The Morgan fingerprint density at radius 3 is 2.40 bits per heavy atom. The lowest BCUT2D eigenvalue weighted by molar-refractivity contribution is -0.199. The second-order valence-corrected chi connectivity index (χ2v) is 5.10. The number of hydrogen-bond donors (Lipinski definition) is 1. The van der Waals surface area contributed by atoms with Crippen molar-refractivity contribution in [1.82, 2.24) is 0 Å². The molecule has 1 atom stereocenters. The Labute approximate surface area is 125 Å². The van der Waals surface area contributed by atoms with Crippen LogP contribution in [0.5, 0.6) is 5.75 Å². The van der Waals surface area contributed by atoms with Gasteiger partial charge in [-0.3, -0.25) is 0 Å². The zero-order chi connectivity index (χ0) is 15.3. The lowest BCUT2D eigenvalue weighted by Gasteiger charge is -2.34. The van der Waals surface area contributed by atoms with E-state index in [1.807, 2.05) is 0 Å². The van der Waals surface area contributed by atoms with Gasteiger partial charge in [-0.25, -0.2) is 4.79 Å². The monoisotopic (exact) mass is 346 g/mol. The van der Waals surface area contributed by atoms with Crippen molar-refractivity contribution in [2.45, 2.75) is 11.2 Å². The molecule has 0 spiro atoms. The van der Waals surface area contributed by atoms with Crippen LogP contribution in [-0.4, -0.2) is 22.3 Å². The Morgan fingerprint density at radius 2 is 1.90 bits per heavy atom. The standard InChI is InChI=1S/C11H4Cl3F3O3/c12-6-4-2-1-3-5(9(18)19)7(4)20-10(14,8(6)13)11(15,16)17/h1-3H,(H,18,19). The predicted octanol–water partition coefficient (Wildman–Crippen LogP) is 4.42. The van der Waals surface area contributed by atoms with E-state index in [-0.39, 0.29) is 5.56 Å². The minimum absolute atomic E-state index is 0.0721. The molecule has 1 aliphatic rings. The van der Waals surface area contributed by atoms with E-state index in [1.54, 1.807) is 0 Å². The summed E-state index contributed by atoms with van der Waals surface area (Å²) in [6, 6.07) is 3.64. The average molecular weight is 348 g/mol. The summed E-state index contributed by atoms with van der Waals surface area (Å²) in [4.78, 5) is 11.0. The van der Waals surface area contributed by atoms with E-state index in [2.05, 4.69) is 4.74 Å². The van der Waals surface area contributed by atoms with Crippen LogP contribution in [0, 0.1) is 0 Å². The second-order valence-electron chi connectivity index (χ2n) is 3.81. The SMILES string of the molecule is O=C(O)c1cccc2c1OC(Cl)(C(F)(F)F)C(Cl)=C2Cl. The second kappa shape index (κ2) is 4.72. The van der Waals surface area contributed by atoms with E-state index < -0.39 is 38.6 Å². The lowest BCUT2D eigenvalue weighted by Crippen LogP contribution is -2.47. The molecule has 1 heterocycles. The summed E-state index contributed by atoms with van der Waals surface area (Å²) in [6.45, 7) is 0. The maximum Gasteiger partial charge on any atom is 0.449 e. The smallest absolute Gasteiger partial charge is 0.449 e. The molecule has 0 aromatic heterocycles. The first kappa shape index (κ1) is 15.3. The fourth-order valence-electron chi connectivity index (χ4n) is 1.62. The Kier molecular flexibility index (Phi) is 3.60. The van der Waals surface area contributed by atoms with Crippen LogP contribution in [0.15, 0.2) is 23.2 Å². The van der Waals surface area contributed by atoms with Gasteiger partial charge in [0, 0.05) is 5.56 Å². The van der Waals surface area contributed by atoms with Crippen LogP contribution in [0.2, 0.25) is 0 Å². The summed E-state index contributed by atoms with van der Waals surface area (Å²) in [6.07, 6.45) is -5.09. The predicted molar refractivity (Wildman–Crippen MR) is 67.3 cm³/mol. The van der Waals surface area contributed by atoms with Gasteiger partial charge in [-0.15, -0.1) is 0 Å². The molecule has 0 saturated heterocycles. The van der Waals surface area contributed by atoms with Crippen molar-refractivity contribution in [2.75, 3.05) is 0 Å². The Morgan fingerprint density at radius 1 is 1.30 bits per heavy atom. The maximum atomic E-state index is 13.0. The van der Waals surface area contributed by atoms with Gasteiger partial charge in [0.2, 0.25) is 0 Å². The molecular formula is C11H4Cl3F3O3. The number of alkyl halides is 4. The van der Waals surface area contributed by atoms with Gasteiger partial charge in [0.25, 0.3) is 0 Å². The number of carboxylic acids is 1. The van der Waals surface area contributed by atoms with Crippen molar-refractivity contribution in [3.05, 3.63) is 34.4 Å². The molecule has 1 aromatic carbocycles. The molecule has 1 N–H and O–H groups in total. The highest BCUT2D eigenvalue weighted by Gasteiger charge is 2.62. The minimum Gasteiger partial charge on any atom is -0.478 e. The molecule has 0 bridgehead atoms. The number of carbonyl (C=O) groups is 1. The van der Waals surface area contributed by atoms with E-state index in [4.69, 9.17) is 39.9 Å². The highest BCUT2D eigenvalue weighted by Crippen LogP contribution is 2.53. The molecule has 20 heavy (non-hydrogen) atoms. The van der Waals surface area contributed by atoms with E-state index in [0.29, 0.717) is 0 Å². The van der Waals surface area contributed by atoms with Gasteiger partial charge in [-0.2, -0.15) is 13.2 Å². The van der Waals surface area contributed by atoms with Gasteiger partial charge in [0.1, 0.15) is 16.3 Å². The molecule has 3 nitrogen and oxygen atoms in total. The molecule has 0 radical (unpaired) electrons. The van der Waals surface area contributed by atoms with Crippen molar-refractivity contribution in [3.8, 4) is 5.75 Å². The molecule has 1 unspecified atom stereocenters. The number of rotatable bonds is 1. The van der Waals surface area contributed by atoms with Gasteiger partial charge in [-0.1, -0.05) is 40.9 Å². The first-order valence-corrected chi connectivity index (χ1v) is 6.10. The summed E-state index contributed by atoms with van der Waals surface area (Å²) in [5.41, 5.74) is -0.573. The Balaban J connectivity index is 2.75. The quantitative estimate of drug-likeness (QED) is 0.765. The number of para-hydroxylation sites is 1. The van der Waals surface area contributed by atoms with Crippen LogP contribution in [0.1, 0.15) is 15.9 Å². The van der Waals surface area contributed by atoms with E-state index in [1.165, 1.54) is 12.1 Å². The summed E-state index contributed by atoms with van der Waals surface area (Å²) in [5, 5.41) is 4.08. The Hall–Kier alpha value is -1.11. The number of hydrogen-bond acceptors (Lipinski definition) is 2. The average Bonchev–Trinajstić information content (AvgIpc) is 2.34. The van der Waals surface area contributed by atoms with Crippen LogP contribution >= 0.6 is 34.8 Å². The third-order valence-corrected chi connectivity index (χ3v) is 4.09. The van der Waals surface area contributed by atoms with Crippen LogP contribution in [-0.2, 0) is 0 Å². The summed E-state index contributed by atoms with van der Waals surface area (Å²) < 4.78 is 43.6. The molecule has 1 aliphatic heterocycles. The van der Waals surface area contributed by atoms with Crippen molar-refractivity contribution in [3.63, 3.8) is 0 Å². The molecule has 0 saturated carbocycles. The van der Waals surface area contributed by atoms with Crippen LogP contribution in [0.25, 0.3) is 5.03 Å². The summed E-state index contributed by atoms with van der Waals surface area (Å²) in [7, 11) is 0. The van der Waals surface area contributed by atoms with Crippen molar-refractivity contribution < 1.29 is 27.8 Å². The third kappa shape index (κ3) is 2.12. The van der Waals surface area contributed by atoms with Crippen molar-refractivity contribution >= 4 is 45.8 Å². The van der Waals surface area contributed by atoms with Crippen LogP contribution in [0.4, 0.5) is 13.2 Å². The zero-order valence-corrected chi connectivity index (χ0v) is 11.5. The molecule has 1 aromatic rings. The molecule has 0 fully saturated rings. The van der Waals surface area contributed by atoms with E-state index in [9.17, 15) is 18.0 Å². The normalized spacial score (nSPS) is 22.3. The molecule has 2 rings (SSSR count). The van der Waals surface area contributed by atoms with E-state index >= 15 is 0 Å². The fraction of sp³-hybridized carbons (Fsp3) is 0.182. The van der Waals surface area contributed by atoms with Crippen molar-refractivity contribution in [1.29, 1.82) is 0 Å². The first-order valence-electron chi connectivity index (χ1n) is 4.96. The zero-order valence-electron chi connectivity index (χ0n) is 9.26. The number of carboxylic acid groups (broad SMARTS) is 1. The molecule has 9 heteroatoms. The third-order valence-electron chi connectivity index (χ3n) is 2.56. The highest BCUT2D eigenvalue weighted by atomic mass is 35.5. The number of benzene rings is 1. The van der Waals surface area contributed by atoms with Crippen molar-refractivity contribution in [2.24, 2.45) is 0 Å². The molecule has 0 amide bonds. The van der Waals surface area contributed by atoms with Gasteiger partial charge in [0.15, 0.2) is 0 Å². The minimum atomic E-state index is -5.09. The van der Waals surface area contributed by atoms with Crippen LogP contribution < -0.4 is 4.74 Å². The largest absolute Gasteiger partial charge is 0.478 e. The van der Waals surface area contributed by atoms with Gasteiger partial charge >= 0.3 is 17.2 Å². The molecule has 108 valence electrons.